The summed E-state index contributed by atoms with van der Waals surface area (Å²) >= 11 is 0. The van der Waals surface area contributed by atoms with Gasteiger partial charge >= 0.3 is 0 Å². The van der Waals surface area contributed by atoms with E-state index in [1.54, 1.807) is 0 Å². The molecule has 2 atom stereocenters. The van der Waals surface area contributed by atoms with Gasteiger partial charge in [-0.25, -0.2) is 0 Å². The number of hydrogen-bond donors (Lipinski definition) is 2. The van der Waals surface area contributed by atoms with E-state index in [0.29, 0.717) is 6.61 Å². The number of hydrogen-bond acceptors (Lipinski definition) is 2. The fourth-order valence-corrected chi connectivity index (χ4v) is 1.37. The monoisotopic (exact) mass is 187 g/mol. The average Bonchev–Trinajstić information content (AvgIpc) is 2.87. The Hall–Kier alpha value is -0.0800. The van der Waals surface area contributed by atoms with Crippen LogP contribution in [-0.2, 0) is 0 Å². The molecule has 80 valence electrons. The minimum atomic E-state index is 0.344. The molecule has 0 bridgehead atoms. The summed E-state index contributed by atoms with van der Waals surface area (Å²) in [4.78, 5) is 0. The molecule has 0 heterocycles. The van der Waals surface area contributed by atoms with Crippen molar-refractivity contribution in [1.29, 1.82) is 0 Å². The molecule has 1 saturated carbocycles. The first-order valence-corrected chi connectivity index (χ1v) is 5.64. The Morgan fingerprint density at radius 2 is 2.00 bits per heavy atom. The third-order valence-corrected chi connectivity index (χ3v) is 2.42. The van der Waals surface area contributed by atoms with E-state index < -0.39 is 0 Å². The molecule has 2 N–H and O–H groups in total. The summed E-state index contributed by atoms with van der Waals surface area (Å²) in [5, 5.41) is 11.5. The lowest BCUT2D eigenvalue weighted by atomic mass is 10.3. The van der Waals surface area contributed by atoms with E-state index in [1.165, 1.54) is 12.8 Å². The molecule has 0 spiro atoms. The zero-order chi connectivity index (χ0) is 10.1. The van der Waals surface area contributed by atoms with Crippen LogP contribution >= 0.6 is 0 Å². The largest absolute Gasteiger partial charge is 0.396 e. The fraction of sp³-hybridized carbons (Fsp3) is 1.00. The van der Waals surface area contributed by atoms with Gasteiger partial charge in [-0.2, -0.15) is 0 Å². The third-order valence-electron chi connectivity index (χ3n) is 2.42. The number of rotatable bonds is 5. The first kappa shape index (κ1) is 12.9. The van der Waals surface area contributed by atoms with Crippen molar-refractivity contribution in [2.24, 2.45) is 5.92 Å². The summed E-state index contributed by atoms with van der Waals surface area (Å²) < 4.78 is 0. The highest BCUT2D eigenvalue weighted by atomic mass is 16.2. The van der Waals surface area contributed by atoms with Gasteiger partial charge in [0.2, 0.25) is 0 Å². The highest BCUT2D eigenvalue weighted by Crippen LogP contribution is 2.32. The first-order chi connectivity index (χ1) is 6.29. The van der Waals surface area contributed by atoms with Crippen LogP contribution in [0.4, 0.5) is 0 Å². The quantitative estimate of drug-likeness (QED) is 0.691. The van der Waals surface area contributed by atoms with Crippen molar-refractivity contribution < 1.29 is 5.11 Å². The summed E-state index contributed by atoms with van der Waals surface area (Å²) in [6, 6.07) is 0.880. The van der Waals surface area contributed by atoms with Gasteiger partial charge in [-0.15, -0.1) is 0 Å². The summed E-state index contributed by atoms with van der Waals surface area (Å²) in [5.74, 6) is 1.01. The topological polar surface area (TPSA) is 32.3 Å². The summed E-state index contributed by atoms with van der Waals surface area (Å²) in [6.07, 6.45) is 4.82. The van der Waals surface area contributed by atoms with Gasteiger partial charge in [-0.1, -0.05) is 33.6 Å². The van der Waals surface area contributed by atoms with E-state index in [0.717, 1.165) is 31.3 Å². The normalized spacial score (nSPS) is 24.9. The minimum Gasteiger partial charge on any atom is -0.396 e. The maximum atomic E-state index is 8.07. The molecule has 0 radical (unpaired) electrons. The van der Waals surface area contributed by atoms with Crippen LogP contribution in [0, 0.1) is 5.92 Å². The first-order valence-electron chi connectivity index (χ1n) is 5.64. The summed E-state index contributed by atoms with van der Waals surface area (Å²) in [5.41, 5.74) is 0. The zero-order valence-corrected chi connectivity index (χ0v) is 9.34. The Balaban J connectivity index is 0.000000252. The third kappa shape index (κ3) is 7.03. The molecule has 1 aliphatic carbocycles. The van der Waals surface area contributed by atoms with Crippen LogP contribution in [0.3, 0.4) is 0 Å². The molecule has 0 aromatic rings. The second kappa shape index (κ2) is 8.52. The van der Waals surface area contributed by atoms with E-state index >= 15 is 0 Å². The number of aliphatic hydroxyl groups excluding tert-OH is 1. The van der Waals surface area contributed by atoms with Crippen molar-refractivity contribution in [3.63, 3.8) is 0 Å². The fourth-order valence-electron chi connectivity index (χ4n) is 1.37. The van der Waals surface area contributed by atoms with Gasteiger partial charge in [0.25, 0.3) is 0 Å². The molecule has 2 heteroatoms. The van der Waals surface area contributed by atoms with Crippen LogP contribution in [0.5, 0.6) is 0 Å². The predicted molar refractivity (Wildman–Crippen MR) is 57.9 cm³/mol. The van der Waals surface area contributed by atoms with E-state index in [4.69, 9.17) is 5.11 Å². The van der Waals surface area contributed by atoms with Crippen LogP contribution in [-0.4, -0.2) is 24.3 Å². The average molecular weight is 187 g/mol. The molecule has 2 unspecified atom stereocenters. The van der Waals surface area contributed by atoms with Gasteiger partial charge in [0, 0.05) is 12.6 Å². The molecule has 0 saturated heterocycles. The molecule has 1 aliphatic rings. The molecule has 0 amide bonds. The lowest BCUT2D eigenvalue weighted by Gasteiger charge is -1.94. The molecule has 0 aromatic carbocycles. The Kier molecular flexibility index (Phi) is 8.46. The van der Waals surface area contributed by atoms with Crippen molar-refractivity contribution in [1.82, 2.24) is 5.32 Å². The number of aliphatic hydroxyl groups is 1. The molecule has 1 rings (SSSR count). The second-order valence-corrected chi connectivity index (χ2v) is 3.65. The molecule has 2 nitrogen and oxygen atoms in total. The Morgan fingerprint density at radius 3 is 2.23 bits per heavy atom. The van der Waals surface area contributed by atoms with E-state index in [1.807, 2.05) is 0 Å². The maximum Gasteiger partial charge on any atom is 0.0430 e. The van der Waals surface area contributed by atoms with Gasteiger partial charge in [-0.3, -0.25) is 0 Å². The second-order valence-electron chi connectivity index (χ2n) is 3.65. The molecular weight excluding hydrogens is 162 g/mol. The molecular formula is C11H25NO. The number of unbranched alkanes of at least 4 members (excludes halogenated alkanes) is 1. The smallest absolute Gasteiger partial charge is 0.0430 e. The van der Waals surface area contributed by atoms with Gasteiger partial charge in [0.1, 0.15) is 0 Å². The van der Waals surface area contributed by atoms with Gasteiger partial charge in [-0.05, 0) is 25.3 Å². The maximum absolute atomic E-state index is 8.07. The molecule has 0 aromatic heterocycles. The van der Waals surface area contributed by atoms with Crippen molar-refractivity contribution in [2.75, 3.05) is 13.2 Å². The van der Waals surface area contributed by atoms with Crippen molar-refractivity contribution in [2.45, 2.75) is 52.5 Å². The van der Waals surface area contributed by atoms with E-state index in [-0.39, 0.29) is 0 Å². The van der Waals surface area contributed by atoms with E-state index in [9.17, 15) is 0 Å². The lowest BCUT2D eigenvalue weighted by Crippen LogP contribution is -2.16. The van der Waals surface area contributed by atoms with Crippen molar-refractivity contribution >= 4 is 0 Å². The van der Waals surface area contributed by atoms with Gasteiger partial charge in [0.05, 0.1) is 0 Å². The highest BCUT2D eigenvalue weighted by Gasteiger charge is 2.33. The predicted octanol–water partition coefficient (Wildman–Crippen LogP) is 2.17. The standard InChI is InChI=1S/C7H15N.C4H10O/c1-3-6-5-7(6)8-4-2;1-2-3-4-5/h6-8H,3-5H2,1-2H3;5H,2-4H2,1H3. The van der Waals surface area contributed by atoms with E-state index in [2.05, 4.69) is 26.1 Å². The Morgan fingerprint density at radius 1 is 1.31 bits per heavy atom. The van der Waals surface area contributed by atoms with Crippen LogP contribution in [0.25, 0.3) is 0 Å². The van der Waals surface area contributed by atoms with Crippen LogP contribution < -0.4 is 5.32 Å². The lowest BCUT2D eigenvalue weighted by molar-refractivity contribution is 0.287. The highest BCUT2D eigenvalue weighted by molar-refractivity contribution is 4.91. The van der Waals surface area contributed by atoms with Gasteiger partial charge in [0.15, 0.2) is 0 Å². The van der Waals surface area contributed by atoms with Crippen LogP contribution in [0.15, 0.2) is 0 Å². The zero-order valence-electron chi connectivity index (χ0n) is 9.34. The summed E-state index contributed by atoms with van der Waals surface area (Å²) in [6.45, 7) is 7.97. The Bertz CT molecular complexity index is 104. The van der Waals surface area contributed by atoms with Crippen LogP contribution in [0.2, 0.25) is 0 Å². The summed E-state index contributed by atoms with van der Waals surface area (Å²) in [7, 11) is 0. The SMILES string of the molecule is CCCCO.CCNC1CC1CC. The minimum absolute atomic E-state index is 0.344. The van der Waals surface area contributed by atoms with Gasteiger partial charge < -0.3 is 10.4 Å². The number of nitrogens with one attached hydrogen (secondary N) is 1. The molecule has 0 aliphatic heterocycles. The van der Waals surface area contributed by atoms with Crippen molar-refractivity contribution in [3.05, 3.63) is 0 Å². The van der Waals surface area contributed by atoms with Crippen LogP contribution in [0.1, 0.15) is 46.5 Å². The molecule has 13 heavy (non-hydrogen) atoms. The Labute approximate surface area is 82.7 Å². The van der Waals surface area contributed by atoms with Crippen molar-refractivity contribution in [3.8, 4) is 0 Å². The molecule has 1 fully saturated rings.